The van der Waals surface area contributed by atoms with E-state index in [0.717, 1.165) is 37.4 Å². The Bertz CT molecular complexity index is 408. The summed E-state index contributed by atoms with van der Waals surface area (Å²) < 4.78 is 5.82. The Labute approximate surface area is 122 Å². The number of benzene rings is 1. The summed E-state index contributed by atoms with van der Waals surface area (Å²) in [5.41, 5.74) is 7.45. The maximum absolute atomic E-state index is 5.82. The third-order valence-electron chi connectivity index (χ3n) is 3.07. The molecule has 0 bridgehead atoms. The van der Waals surface area contributed by atoms with Gasteiger partial charge in [-0.3, -0.25) is 0 Å². The summed E-state index contributed by atoms with van der Waals surface area (Å²) >= 11 is 0. The molecule has 0 aliphatic heterocycles. The molecule has 0 amide bonds. The van der Waals surface area contributed by atoms with Gasteiger partial charge in [-0.05, 0) is 51.2 Å². The monoisotopic (exact) mass is 277 g/mol. The lowest BCUT2D eigenvalue weighted by atomic mass is 10.2. The van der Waals surface area contributed by atoms with Gasteiger partial charge in [-0.1, -0.05) is 13.8 Å². The first-order chi connectivity index (χ1) is 9.56. The van der Waals surface area contributed by atoms with E-state index in [0.29, 0.717) is 5.90 Å². The van der Waals surface area contributed by atoms with Crippen LogP contribution in [-0.2, 0) is 4.74 Å². The zero-order valence-corrected chi connectivity index (χ0v) is 13.1. The molecule has 0 spiro atoms. The second kappa shape index (κ2) is 8.59. The van der Waals surface area contributed by atoms with Gasteiger partial charge in [0.2, 0.25) is 5.90 Å². The van der Waals surface area contributed by atoms with Crippen molar-refractivity contribution in [1.82, 2.24) is 4.90 Å². The average Bonchev–Trinajstić information content (AvgIpc) is 2.43. The van der Waals surface area contributed by atoms with Crippen molar-refractivity contribution in [2.24, 2.45) is 4.99 Å². The van der Waals surface area contributed by atoms with Gasteiger partial charge in [0, 0.05) is 17.8 Å². The van der Waals surface area contributed by atoms with Gasteiger partial charge in [-0.15, -0.1) is 0 Å². The third-order valence-corrected chi connectivity index (χ3v) is 3.07. The Morgan fingerprint density at radius 2 is 1.80 bits per heavy atom. The first-order valence-electron chi connectivity index (χ1n) is 7.36. The minimum absolute atomic E-state index is 0.111. The van der Waals surface area contributed by atoms with Crippen LogP contribution in [0.2, 0.25) is 0 Å². The Morgan fingerprint density at radius 1 is 1.20 bits per heavy atom. The highest BCUT2D eigenvalue weighted by Gasteiger charge is 2.07. The molecule has 0 heterocycles. The van der Waals surface area contributed by atoms with Gasteiger partial charge in [0.15, 0.2) is 0 Å². The maximum atomic E-state index is 5.82. The number of hydrogen-bond donors (Lipinski definition) is 1. The van der Waals surface area contributed by atoms with Gasteiger partial charge in [0.1, 0.15) is 0 Å². The molecule has 0 saturated heterocycles. The number of nitrogens with zero attached hydrogens (tertiary/aromatic N) is 2. The van der Waals surface area contributed by atoms with Crippen molar-refractivity contribution in [2.45, 2.75) is 33.8 Å². The molecule has 1 aromatic rings. The van der Waals surface area contributed by atoms with E-state index in [1.54, 1.807) is 0 Å². The van der Waals surface area contributed by atoms with Crippen LogP contribution in [0.4, 0.5) is 5.69 Å². The van der Waals surface area contributed by atoms with Crippen LogP contribution in [0.1, 0.15) is 33.3 Å². The first kappa shape index (κ1) is 16.5. The summed E-state index contributed by atoms with van der Waals surface area (Å²) in [6.07, 6.45) is 0.111. The van der Waals surface area contributed by atoms with E-state index in [9.17, 15) is 0 Å². The lowest BCUT2D eigenvalue weighted by Crippen LogP contribution is -2.26. The fourth-order valence-corrected chi connectivity index (χ4v) is 1.88. The predicted octanol–water partition coefficient (Wildman–Crippen LogP) is 2.78. The summed E-state index contributed by atoms with van der Waals surface area (Å²) in [5.74, 6) is 0.701. The van der Waals surface area contributed by atoms with Gasteiger partial charge in [-0.2, -0.15) is 0 Å². The molecule has 0 radical (unpaired) electrons. The molecule has 4 nitrogen and oxygen atoms in total. The molecule has 0 atom stereocenters. The predicted molar refractivity (Wildman–Crippen MR) is 86.3 cm³/mol. The standard InChI is InChI=1S/C16H27N3O/c1-5-19(6-2)12-11-18-16(20-13(3)4)14-7-9-15(17)10-8-14/h7-10,13H,5-6,11-12,17H2,1-4H3. The summed E-state index contributed by atoms with van der Waals surface area (Å²) in [6, 6.07) is 7.65. The Balaban J connectivity index is 2.75. The highest BCUT2D eigenvalue weighted by Crippen LogP contribution is 2.09. The van der Waals surface area contributed by atoms with E-state index in [4.69, 9.17) is 10.5 Å². The van der Waals surface area contributed by atoms with E-state index in [-0.39, 0.29) is 6.10 Å². The topological polar surface area (TPSA) is 50.8 Å². The van der Waals surface area contributed by atoms with E-state index in [2.05, 4.69) is 23.7 Å². The molecular weight excluding hydrogens is 250 g/mol. The van der Waals surface area contributed by atoms with Crippen LogP contribution in [0, 0.1) is 0 Å². The summed E-state index contributed by atoms with van der Waals surface area (Å²) in [7, 11) is 0. The van der Waals surface area contributed by atoms with Crippen LogP contribution >= 0.6 is 0 Å². The smallest absolute Gasteiger partial charge is 0.216 e. The number of likely N-dealkylation sites (N-methyl/N-ethyl adjacent to an activating group) is 1. The molecular formula is C16H27N3O. The van der Waals surface area contributed by atoms with E-state index in [1.165, 1.54) is 0 Å². The van der Waals surface area contributed by atoms with Gasteiger partial charge in [0.25, 0.3) is 0 Å². The minimum atomic E-state index is 0.111. The van der Waals surface area contributed by atoms with Crippen LogP contribution in [0.3, 0.4) is 0 Å². The van der Waals surface area contributed by atoms with Gasteiger partial charge in [0.05, 0.1) is 12.6 Å². The molecule has 0 fully saturated rings. The first-order valence-corrected chi connectivity index (χ1v) is 7.36. The number of aliphatic imine (C=N–C) groups is 1. The highest BCUT2D eigenvalue weighted by atomic mass is 16.5. The van der Waals surface area contributed by atoms with E-state index < -0.39 is 0 Å². The molecule has 0 unspecified atom stereocenters. The number of rotatable bonds is 7. The lowest BCUT2D eigenvalue weighted by molar-refractivity contribution is 0.227. The largest absolute Gasteiger partial charge is 0.475 e. The highest BCUT2D eigenvalue weighted by molar-refractivity contribution is 5.94. The molecule has 2 N–H and O–H groups in total. The maximum Gasteiger partial charge on any atom is 0.216 e. The van der Waals surface area contributed by atoms with Crippen molar-refractivity contribution in [1.29, 1.82) is 0 Å². The number of hydrogen-bond acceptors (Lipinski definition) is 4. The molecule has 0 aliphatic rings. The van der Waals surface area contributed by atoms with Crippen molar-refractivity contribution < 1.29 is 4.74 Å². The summed E-state index contributed by atoms with van der Waals surface area (Å²) in [6.45, 7) is 12.1. The van der Waals surface area contributed by atoms with Crippen molar-refractivity contribution in [3.05, 3.63) is 29.8 Å². The summed E-state index contributed by atoms with van der Waals surface area (Å²) in [5, 5.41) is 0. The second-order valence-electron chi connectivity index (χ2n) is 5.00. The Morgan fingerprint density at radius 3 is 2.30 bits per heavy atom. The molecule has 20 heavy (non-hydrogen) atoms. The molecule has 112 valence electrons. The van der Waals surface area contributed by atoms with Crippen molar-refractivity contribution in [3.8, 4) is 0 Å². The van der Waals surface area contributed by atoms with E-state index in [1.807, 2.05) is 38.1 Å². The third kappa shape index (κ3) is 5.61. The fourth-order valence-electron chi connectivity index (χ4n) is 1.88. The van der Waals surface area contributed by atoms with Crippen LogP contribution in [0.15, 0.2) is 29.3 Å². The van der Waals surface area contributed by atoms with Crippen LogP contribution in [-0.4, -0.2) is 43.1 Å². The molecule has 0 aromatic heterocycles. The lowest BCUT2D eigenvalue weighted by Gasteiger charge is -2.17. The average molecular weight is 277 g/mol. The van der Waals surface area contributed by atoms with Crippen molar-refractivity contribution in [3.63, 3.8) is 0 Å². The molecule has 1 rings (SSSR count). The number of anilines is 1. The normalized spacial score (nSPS) is 12.2. The van der Waals surface area contributed by atoms with Gasteiger partial charge < -0.3 is 15.4 Å². The van der Waals surface area contributed by atoms with Crippen LogP contribution < -0.4 is 5.73 Å². The summed E-state index contributed by atoms with van der Waals surface area (Å²) in [4.78, 5) is 6.96. The minimum Gasteiger partial charge on any atom is -0.475 e. The zero-order chi connectivity index (χ0) is 15.0. The zero-order valence-electron chi connectivity index (χ0n) is 13.1. The van der Waals surface area contributed by atoms with Crippen molar-refractivity contribution >= 4 is 11.6 Å². The Hall–Kier alpha value is -1.55. The quantitative estimate of drug-likeness (QED) is 0.473. The second-order valence-corrected chi connectivity index (χ2v) is 5.00. The van der Waals surface area contributed by atoms with E-state index >= 15 is 0 Å². The molecule has 0 aliphatic carbocycles. The number of nitrogens with two attached hydrogens (primary N) is 1. The van der Waals surface area contributed by atoms with Gasteiger partial charge >= 0.3 is 0 Å². The molecule has 0 saturated carbocycles. The number of ether oxygens (including phenoxy) is 1. The Kier molecular flexibility index (Phi) is 7.09. The van der Waals surface area contributed by atoms with Crippen LogP contribution in [0.5, 0.6) is 0 Å². The molecule has 4 heteroatoms. The fraction of sp³-hybridized carbons (Fsp3) is 0.562. The molecule has 1 aromatic carbocycles. The van der Waals surface area contributed by atoms with Crippen molar-refractivity contribution in [2.75, 3.05) is 31.9 Å². The van der Waals surface area contributed by atoms with Crippen LogP contribution in [0.25, 0.3) is 0 Å². The van der Waals surface area contributed by atoms with Gasteiger partial charge in [-0.25, -0.2) is 4.99 Å². The SMILES string of the molecule is CCN(CC)CCN=C(OC(C)C)c1ccc(N)cc1. The number of nitrogen functional groups attached to an aromatic ring is 1.